The summed E-state index contributed by atoms with van der Waals surface area (Å²) in [5.74, 6) is -0.472. The number of carbonyl (C=O) groups is 1. The van der Waals surface area contributed by atoms with Crippen LogP contribution in [0.2, 0.25) is 0 Å². The number of amides is 1. The molecule has 2 aromatic carbocycles. The number of nitrogens with one attached hydrogen (secondary N) is 1. The minimum Gasteiger partial charge on any atom is -0.352 e. The van der Waals surface area contributed by atoms with Crippen LogP contribution < -0.4 is 5.32 Å². The Kier molecular flexibility index (Phi) is 5.11. The molecule has 1 fully saturated rings. The van der Waals surface area contributed by atoms with Gasteiger partial charge in [-0.15, -0.1) is 0 Å². The maximum atomic E-state index is 13.0. The number of halogens is 1. The highest BCUT2D eigenvalue weighted by Gasteiger charge is 2.43. The van der Waals surface area contributed by atoms with Gasteiger partial charge in [-0.2, -0.15) is 0 Å². The molecule has 0 aromatic heterocycles. The number of sulfonamides is 1. The highest BCUT2D eigenvalue weighted by Crippen LogP contribution is 2.47. The molecule has 1 N–H and O–H groups in total. The van der Waals surface area contributed by atoms with Gasteiger partial charge in [-0.1, -0.05) is 30.3 Å². The second kappa shape index (κ2) is 7.17. The molecule has 0 heterocycles. The highest BCUT2D eigenvalue weighted by atomic mass is 32.2. The molecule has 0 bridgehead atoms. The summed E-state index contributed by atoms with van der Waals surface area (Å²) in [7, 11) is -0.623. The summed E-state index contributed by atoms with van der Waals surface area (Å²) in [4.78, 5) is 12.6. The number of rotatable bonds is 6. The smallest absolute Gasteiger partial charge is 0.242 e. The van der Waals surface area contributed by atoms with Crippen LogP contribution in [0.1, 0.15) is 23.5 Å². The summed E-state index contributed by atoms with van der Waals surface area (Å²) < 4.78 is 38.9. The Bertz CT molecular complexity index is 911. The van der Waals surface area contributed by atoms with Crippen molar-refractivity contribution in [2.75, 3.05) is 14.1 Å². The predicted molar refractivity (Wildman–Crippen MR) is 96.4 cm³/mol. The van der Waals surface area contributed by atoms with E-state index in [1.165, 1.54) is 32.3 Å². The first-order valence-electron chi connectivity index (χ1n) is 8.34. The van der Waals surface area contributed by atoms with E-state index in [9.17, 15) is 17.6 Å². The Morgan fingerprint density at radius 1 is 1.15 bits per heavy atom. The van der Waals surface area contributed by atoms with Crippen molar-refractivity contribution in [3.63, 3.8) is 0 Å². The van der Waals surface area contributed by atoms with Gasteiger partial charge in [-0.05, 0) is 41.7 Å². The third-order valence-electron chi connectivity index (χ3n) is 4.61. The lowest BCUT2D eigenvalue weighted by Crippen LogP contribution is -2.28. The van der Waals surface area contributed by atoms with Crippen molar-refractivity contribution in [2.24, 2.45) is 5.92 Å². The maximum absolute atomic E-state index is 13.0. The molecule has 3 rings (SSSR count). The van der Waals surface area contributed by atoms with E-state index in [1.807, 2.05) is 0 Å². The van der Waals surface area contributed by atoms with Crippen LogP contribution in [0.4, 0.5) is 4.39 Å². The zero-order valence-electron chi connectivity index (χ0n) is 14.6. The number of hydrogen-bond acceptors (Lipinski definition) is 3. The molecule has 0 saturated heterocycles. The van der Waals surface area contributed by atoms with Crippen molar-refractivity contribution in [3.8, 4) is 0 Å². The third kappa shape index (κ3) is 3.78. The number of benzene rings is 2. The van der Waals surface area contributed by atoms with Crippen LogP contribution in [-0.4, -0.2) is 32.7 Å². The monoisotopic (exact) mass is 376 g/mol. The molecule has 1 amide bonds. The lowest BCUT2D eigenvalue weighted by atomic mass is 10.1. The van der Waals surface area contributed by atoms with E-state index in [2.05, 4.69) is 5.32 Å². The Labute approximate surface area is 152 Å². The summed E-state index contributed by atoms with van der Waals surface area (Å²) in [6.45, 7) is 0.148. The van der Waals surface area contributed by atoms with Crippen LogP contribution in [-0.2, 0) is 21.4 Å². The second-order valence-corrected chi connectivity index (χ2v) is 8.73. The fraction of sp³-hybridized carbons (Fsp3) is 0.316. The summed E-state index contributed by atoms with van der Waals surface area (Å²) >= 11 is 0. The van der Waals surface area contributed by atoms with Gasteiger partial charge in [0.15, 0.2) is 0 Å². The molecule has 1 aliphatic rings. The van der Waals surface area contributed by atoms with Gasteiger partial charge in [0, 0.05) is 26.6 Å². The Morgan fingerprint density at radius 2 is 1.81 bits per heavy atom. The molecule has 1 saturated carbocycles. The van der Waals surface area contributed by atoms with Gasteiger partial charge < -0.3 is 5.32 Å². The van der Waals surface area contributed by atoms with Gasteiger partial charge in [0.25, 0.3) is 0 Å². The normalized spacial score (nSPS) is 19.4. The van der Waals surface area contributed by atoms with Crippen LogP contribution in [0.15, 0.2) is 53.4 Å². The van der Waals surface area contributed by atoms with E-state index in [0.717, 1.165) is 16.3 Å². The molecular weight excluding hydrogens is 355 g/mol. The van der Waals surface area contributed by atoms with E-state index < -0.39 is 10.0 Å². The van der Waals surface area contributed by atoms with Gasteiger partial charge in [0.2, 0.25) is 15.9 Å². The molecule has 2 aromatic rings. The highest BCUT2D eigenvalue weighted by molar-refractivity contribution is 7.89. The zero-order chi connectivity index (χ0) is 18.9. The molecular formula is C19H21FN2O3S. The Balaban J connectivity index is 1.66. The fourth-order valence-corrected chi connectivity index (χ4v) is 4.09. The van der Waals surface area contributed by atoms with Crippen molar-refractivity contribution in [3.05, 3.63) is 65.5 Å². The molecule has 0 spiro atoms. The number of nitrogens with zero attached hydrogens (tertiary/aromatic N) is 1. The van der Waals surface area contributed by atoms with Crippen LogP contribution in [0.5, 0.6) is 0 Å². The quantitative estimate of drug-likeness (QED) is 0.842. The van der Waals surface area contributed by atoms with E-state index in [4.69, 9.17) is 0 Å². The molecule has 0 radical (unpaired) electrons. The average Bonchev–Trinajstić information content (AvgIpc) is 3.41. The van der Waals surface area contributed by atoms with Crippen molar-refractivity contribution in [2.45, 2.75) is 23.8 Å². The van der Waals surface area contributed by atoms with E-state index >= 15 is 0 Å². The van der Waals surface area contributed by atoms with E-state index in [0.29, 0.717) is 5.56 Å². The number of carbonyl (C=O) groups excluding carboxylic acids is 1. The third-order valence-corrected chi connectivity index (χ3v) is 6.53. The second-order valence-electron chi connectivity index (χ2n) is 6.61. The first kappa shape index (κ1) is 18.5. The van der Waals surface area contributed by atoms with Crippen LogP contribution >= 0.6 is 0 Å². The lowest BCUT2D eigenvalue weighted by Gasteiger charge is -2.15. The van der Waals surface area contributed by atoms with Gasteiger partial charge in [0.05, 0.1) is 4.90 Å². The summed E-state index contributed by atoms with van der Waals surface area (Å²) in [6.07, 6.45) is 0.717. The summed E-state index contributed by atoms with van der Waals surface area (Å²) in [5, 5.41) is 2.83. The minimum absolute atomic E-state index is 0.0938. The minimum atomic E-state index is -3.57. The van der Waals surface area contributed by atoms with Crippen molar-refractivity contribution < 1.29 is 17.6 Å². The van der Waals surface area contributed by atoms with Crippen molar-refractivity contribution >= 4 is 15.9 Å². The van der Waals surface area contributed by atoms with Crippen LogP contribution in [0, 0.1) is 11.7 Å². The molecule has 138 valence electrons. The summed E-state index contributed by atoms with van der Waals surface area (Å²) in [6, 6.07) is 12.8. The van der Waals surface area contributed by atoms with Crippen molar-refractivity contribution in [1.82, 2.24) is 9.62 Å². The topological polar surface area (TPSA) is 66.5 Å². The molecule has 1 aliphatic carbocycles. The number of hydrogen-bond donors (Lipinski definition) is 1. The molecule has 0 unspecified atom stereocenters. The van der Waals surface area contributed by atoms with Crippen LogP contribution in [0.3, 0.4) is 0 Å². The first-order valence-corrected chi connectivity index (χ1v) is 9.78. The largest absolute Gasteiger partial charge is 0.352 e. The standard InChI is InChI=1S/C19H21FN2O3S/c1-22(2)26(24,25)18-6-4-3-5-14(18)12-21-19(23)17-11-16(17)13-7-9-15(20)10-8-13/h3-10,16-17H,11-12H2,1-2H3,(H,21,23)/t16-,17+/m0/s1. The average molecular weight is 376 g/mol. The van der Waals surface area contributed by atoms with Gasteiger partial charge in [-0.25, -0.2) is 17.1 Å². The van der Waals surface area contributed by atoms with Crippen molar-refractivity contribution in [1.29, 1.82) is 0 Å². The molecule has 7 heteroatoms. The van der Waals surface area contributed by atoms with Crippen LogP contribution in [0.25, 0.3) is 0 Å². The van der Waals surface area contributed by atoms with Gasteiger partial charge in [0.1, 0.15) is 5.82 Å². The van der Waals surface area contributed by atoms with E-state index in [1.54, 1.807) is 30.3 Å². The Hall–Kier alpha value is -2.25. The van der Waals surface area contributed by atoms with E-state index in [-0.39, 0.29) is 35.0 Å². The summed E-state index contributed by atoms with van der Waals surface area (Å²) in [5.41, 5.74) is 1.50. The zero-order valence-corrected chi connectivity index (χ0v) is 15.5. The fourth-order valence-electron chi connectivity index (χ4n) is 2.97. The Morgan fingerprint density at radius 3 is 2.46 bits per heavy atom. The molecule has 26 heavy (non-hydrogen) atoms. The maximum Gasteiger partial charge on any atom is 0.242 e. The first-order chi connectivity index (χ1) is 12.3. The SMILES string of the molecule is CN(C)S(=O)(=O)c1ccccc1CNC(=O)[C@@H]1C[C@H]1c1ccc(F)cc1. The molecule has 0 aliphatic heterocycles. The molecule has 5 nitrogen and oxygen atoms in total. The van der Waals surface area contributed by atoms with Gasteiger partial charge in [-0.3, -0.25) is 4.79 Å². The van der Waals surface area contributed by atoms with Gasteiger partial charge >= 0.3 is 0 Å². The lowest BCUT2D eigenvalue weighted by molar-refractivity contribution is -0.122. The molecule has 2 atom stereocenters. The predicted octanol–water partition coefficient (Wildman–Crippen LogP) is 2.50.